The van der Waals surface area contributed by atoms with Gasteiger partial charge in [-0.15, -0.1) is 0 Å². The lowest BCUT2D eigenvalue weighted by molar-refractivity contribution is 0.112. The molecule has 0 spiro atoms. The van der Waals surface area contributed by atoms with Crippen LogP contribution >= 0.6 is 0 Å². The summed E-state index contributed by atoms with van der Waals surface area (Å²) in [6.07, 6.45) is 2.72. The van der Waals surface area contributed by atoms with Crippen molar-refractivity contribution in [2.45, 2.75) is 13.1 Å². The molecule has 80 valence electrons. The van der Waals surface area contributed by atoms with E-state index >= 15 is 0 Å². The van der Waals surface area contributed by atoms with E-state index in [4.69, 9.17) is 0 Å². The van der Waals surface area contributed by atoms with Gasteiger partial charge in [0, 0.05) is 24.2 Å². The normalized spacial score (nSPS) is 13.8. The first-order chi connectivity index (χ1) is 7.90. The van der Waals surface area contributed by atoms with E-state index in [-0.39, 0.29) is 0 Å². The standard InChI is InChI=1S/C12H11N3O/c16-8-9-3-1-2-4-11(9)15-12-7-13-5-10(12)6-14-15/h1-4,6,8,13H,5,7H2. The molecule has 4 heteroatoms. The molecule has 1 aromatic heterocycles. The van der Waals surface area contributed by atoms with Crippen LogP contribution in [0.5, 0.6) is 0 Å². The number of carbonyl (C=O) groups is 1. The Hall–Kier alpha value is -1.94. The number of hydrogen-bond acceptors (Lipinski definition) is 3. The summed E-state index contributed by atoms with van der Waals surface area (Å²) >= 11 is 0. The molecule has 1 aliphatic rings. The van der Waals surface area contributed by atoms with Crippen molar-refractivity contribution in [2.75, 3.05) is 0 Å². The Bertz CT molecular complexity index is 545. The quantitative estimate of drug-likeness (QED) is 0.764. The molecule has 2 heterocycles. The summed E-state index contributed by atoms with van der Waals surface area (Å²) in [4.78, 5) is 11.0. The highest BCUT2D eigenvalue weighted by atomic mass is 16.1. The van der Waals surface area contributed by atoms with Crippen molar-refractivity contribution in [3.05, 3.63) is 47.3 Å². The van der Waals surface area contributed by atoms with E-state index in [1.807, 2.05) is 29.1 Å². The highest BCUT2D eigenvalue weighted by Gasteiger charge is 2.18. The maximum absolute atomic E-state index is 11.0. The maximum atomic E-state index is 11.0. The minimum absolute atomic E-state index is 0.667. The monoisotopic (exact) mass is 213 g/mol. The highest BCUT2D eigenvalue weighted by Crippen LogP contribution is 2.20. The third-order valence-corrected chi connectivity index (χ3v) is 2.86. The Morgan fingerprint density at radius 1 is 1.31 bits per heavy atom. The average molecular weight is 213 g/mol. The van der Waals surface area contributed by atoms with Crippen molar-refractivity contribution in [2.24, 2.45) is 0 Å². The van der Waals surface area contributed by atoms with Gasteiger partial charge in [0.05, 0.1) is 17.6 Å². The van der Waals surface area contributed by atoms with Crippen LogP contribution in [0.1, 0.15) is 21.6 Å². The molecule has 0 radical (unpaired) electrons. The fourth-order valence-corrected chi connectivity index (χ4v) is 2.05. The van der Waals surface area contributed by atoms with E-state index in [0.717, 1.165) is 30.8 Å². The molecule has 0 amide bonds. The van der Waals surface area contributed by atoms with Crippen molar-refractivity contribution < 1.29 is 4.79 Å². The van der Waals surface area contributed by atoms with E-state index in [1.165, 1.54) is 5.56 Å². The molecule has 0 bridgehead atoms. The van der Waals surface area contributed by atoms with E-state index < -0.39 is 0 Å². The lowest BCUT2D eigenvalue weighted by Crippen LogP contribution is -2.08. The third-order valence-electron chi connectivity index (χ3n) is 2.86. The number of rotatable bonds is 2. The van der Waals surface area contributed by atoms with E-state index in [2.05, 4.69) is 10.4 Å². The predicted molar refractivity (Wildman–Crippen MR) is 59.5 cm³/mol. The molecule has 4 nitrogen and oxygen atoms in total. The lowest BCUT2D eigenvalue weighted by Gasteiger charge is -2.07. The Balaban J connectivity index is 2.18. The number of hydrogen-bond donors (Lipinski definition) is 1. The fourth-order valence-electron chi connectivity index (χ4n) is 2.05. The van der Waals surface area contributed by atoms with Crippen LogP contribution in [-0.2, 0) is 13.1 Å². The van der Waals surface area contributed by atoms with Gasteiger partial charge in [0.15, 0.2) is 6.29 Å². The summed E-state index contributed by atoms with van der Waals surface area (Å²) in [6.45, 7) is 1.67. The number of nitrogens with zero attached hydrogens (tertiary/aromatic N) is 2. The third kappa shape index (κ3) is 1.27. The van der Waals surface area contributed by atoms with E-state index in [9.17, 15) is 4.79 Å². The molecule has 0 saturated heterocycles. The minimum atomic E-state index is 0.667. The van der Waals surface area contributed by atoms with Crippen LogP contribution in [0, 0.1) is 0 Å². The Kier molecular flexibility index (Phi) is 2.08. The second-order valence-corrected chi connectivity index (χ2v) is 3.81. The molecular formula is C12H11N3O. The molecule has 0 fully saturated rings. The van der Waals surface area contributed by atoms with Crippen LogP contribution in [0.3, 0.4) is 0 Å². The van der Waals surface area contributed by atoms with Crippen molar-refractivity contribution in [1.82, 2.24) is 15.1 Å². The molecule has 1 N–H and O–H groups in total. The number of aromatic nitrogens is 2. The Morgan fingerprint density at radius 2 is 2.19 bits per heavy atom. The molecule has 1 aromatic carbocycles. The Morgan fingerprint density at radius 3 is 3.06 bits per heavy atom. The van der Waals surface area contributed by atoms with Gasteiger partial charge in [0.2, 0.25) is 0 Å². The zero-order valence-corrected chi connectivity index (χ0v) is 8.68. The number of para-hydroxylation sites is 1. The van der Waals surface area contributed by atoms with E-state index in [0.29, 0.717) is 5.56 Å². The van der Waals surface area contributed by atoms with Crippen LogP contribution < -0.4 is 5.32 Å². The number of fused-ring (bicyclic) bond motifs is 1. The van der Waals surface area contributed by atoms with Crippen molar-refractivity contribution in [3.63, 3.8) is 0 Å². The van der Waals surface area contributed by atoms with Gasteiger partial charge in [0.25, 0.3) is 0 Å². The predicted octanol–water partition coefficient (Wildman–Crippen LogP) is 1.29. The summed E-state index contributed by atoms with van der Waals surface area (Å²) in [7, 11) is 0. The van der Waals surface area contributed by atoms with Crippen LogP contribution in [0.2, 0.25) is 0 Å². The van der Waals surface area contributed by atoms with Crippen molar-refractivity contribution in [1.29, 1.82) is 0 Å². The minimum Gasteiger partial charge on any atom is -0.307 e. The summed E-state index contributed by atoms with van der Waals surface area (Å²) in [6, 6.07) is 7.49. The molecular weight excluding hydrogens is 202 g/mol. The van der Waals surface area contributed by atoms with Gasteiger partial charge in [-0.05, 0) is 12.1 Å². The molecule has 3 rings (SSSR count). The van der Waals surface area contributed by atoms with E-state index in [1.54, 1.807) is 6.07 Å². The number of nitrogens with one attached hydrogen (secondary N) is 1. The van der Waals surface area contributed by atoms with Gasteiger partial charge >= 0.3 is 0 Å². The molecule has 2 aromatic rings. The SMILES string of the molecule is O=Cc1ccccc1-n1ncc2c1CNC2. The topological polar surface area (TPSA) is 46.9 Å². The van der Waals surface area contributed by atoms with Gasteiger partial charge < -0.3 is 5.32 Å². The number of aldehydes is 1. The van der Waals surface area contributed by atoms with Gasteiger partial charge in [0.1, 0.15) is 0 Å². The zero-order chi connectivity index (χ0) is 11.0. The number of benzene rings is 1. The second kappa shape index (κ2) is 3.57. The molecule has 0 saturated carbocycles. The van der Waals surface area contributed by atoms with Crippen LogP contribution in [-0.4, -0.2) is 16.1 Å². The molecule has 0 atom stereocenters. The second-order valence-electron chi connectivity index (χ2n) is 3.81. The molecule has 16 heavy (non-hydrogen) atoms. The molecule has 0 unspecified atom stereocenters. The van der Waals surface area contributed by atoms with Crippen molar-refractivity contribution >= 4 is 6.29 Å². The van der Waals surface area contributed by atoms with Gasteiger partial charge in [-0.3, -0.25) is 4.79 Å². The summed E-state index contributed by atoms with van der Waals surface area (Å²) < 4.78 is 1.85. The first kappa shape index (κ1) is 9.30. The average Bonchev–Trinajstić information content (AvgIpc) is 2.91. The van der Waals surface area contributed by atoms with Crippen molar-refractivity contribution in [3.8, 4) is 5.69 Å². The lowest BCUT2D eigenvalue weighted by atomic mass is 10.2. The first-order valence-corrected chi connectivity index (χ1v) is 5.21. The maximum Gasteiger partial charge on any atom is 0.152 e. The number of carbonyl (C=O) groups excluding carboxylic acids is 1. The van der Waals surface area contributed by atoms with Gasteiger partial charge in [-0.2, -0.15) is 5.10 Å². The molecule has 1 aliphatic heterocycles. The van der Waals surface area contributed by atoms with Gasteiger partial charge in [-0.1, -0.05) is 12.1 Å². The highest BCUT2D eigenvalue weighted by molar-refractivity contribution is 5.80. The van der Waals surface area contributed by atoms with Crippen LogP contribution in [0.15, 0.2) is 30.5 Å². The zero-order valence-electron chi connectivity index (χ0n) is 8.68. The smallest absolute Gasteiger partial charge is 0.152 e. The van der Waals surface area contributed by atoms with Gasteiger partial charge in [-0.25, -0.2) is 4.68 Å². The molecule has 0 aliphatic carbocycles. The summed E-state index contributed by atoms with van der Waals surface area (Å²) in [5.74, 6) is 0. The summed E-state index contributed by atoms with van der Waals surface area (Å²) in [5, 5.41) is 7.60. The largest absolute Gasteiger partial charge is 0.307 e. The fraction of sp³-hybridized carbons (Fsp3) is 0.167. The summed E-state index contributed by atoms with van der Waals surface area (Å²) in [5.41, 5.74) is 3.87. The van der Waals surface area contributed by atoms with Crippen LogP contribution in [0.4, 0.5) is 0 Å². The Labute approximate surface area is 92.9 Å². The first-order valence-electron chi connectivity index (χ1n) is 5.21. The van der Waals surface area contributed by atoms with Crippen LogP contribution in [0.25, 0.3) is 5.69 Å².